The van der Waals surface area contributed by atoms with Gasteiger partial charge in [-0.25, -0.2) is 0 Å². The van der Waals surface area contributed by atoms with E-state index in [0.717, 1.165) is 20.7 Å². The number of thiophene rings is 1. The molecule has 0 aliphatic heterocycles. The summed E-state index contributed by atoms with van der Waals surface area (Å²) in [6, 6.07) is 7.70. The standard InChI is InChI=1S/C13H14O3S/c1-13(2,12(14)15)11-6-8-4-5-9(16-3)7-10(8)17-11/h4-7H,1-3H3,(H,14,15). The second kappa shape index (κ2) is 4.04. The second-order valence-corrected chi connectivity index (χ2v) is 5.53. The molecule has 1 heterocycles. The molecule has 1 aromatic carbocycles. The Hall–Kier alpha value is -1.55. The van der Waals surface area contributed by atoms with Gasteiger partial charge < -0.3 is 9.84 Å². The van der Waals surface area contributed by atoms with E-state index in [2.05, 4.69) is 0 Å². The Balaban J connectivity index is 2.55. The summed E-state index contributed by atoms with van der Waals surface area (Å²) < 4.78 is 6.20. The van der Waals surface area contributed by atoms with Crippen LogP contribution in [-0.2, 0) is 10.2 Å². The smallest absolute Gasteiger partial charge is 0.314 e. The van der Waals surface area contributed by atoms with E-state index in [9.17, 15) is 9.90 Å². The molecule has 1 aromatic heterocycles. The average Bonchev–Trinajstić information content (AvgIpc) is 2.71. The first-order valence-electron chi connectivity index (χ1n) is 5.26. The van der Waals surface area contributed by atoms with Crippen LogP contribution in [0.2, 0.25) is 0 Å². The highest BCUT2D eigenvalue weighted by Crippen LogP contribution is 2.36. The van der Waals surface area contributed by atoms with Gasteiger partial charge in [-0.05, 0) is 43.5 Å². The van der Waals surface area contributed by atoms with Crippen molar-refractivity contribution < 1.29 is 14.6 Å². The van der Waals surface area contributed by atoms with E-state index in [1.165, 1.54) is 11.3 Å². The number of hydrogen-bond donors (Lipinski definition) is 1. The molecule has 0 atom stereocenters. The highest BCUT2D eigenvalue weighted by molar-refractivity contribution is 7.19. The van der Waals surface area contributed by atoms with Crippen LogP contribution < -0.4 is 4.74 Å². The molecule has 2 aromatic rings. The lowest BCUT2D eigenvalue weighted by molar-refractivity contribution is -0.142. The van der Waals surface area contributed by atoms with Gasteiger partial charge in [0, 0.05) is 9.58 Å². The molecule has 0 radical (unpaired) electrons. The first kappa shape index (κ1) is 11.9. The number of fused-ring (bicyclic) bond motifs is 1. The molecule has 4 heteroatoms. The summed E-state index contributed by atoms with van der Waals surface area (Å²) in [6.07, 6.45) is 0. The van der Waals surface area contributed by atoms with Crippen molar-refractivity contribution in [1.29, 1.82) is 0 Å². The van der Waals surface area contributed by atoms with Gasteiger partial charge in [-0.3, -0.25) is 4.79 Å². The topological polar surface area (TPSA) is 46.5 Å². The Morgan fingerprint density at radius 1 is 1.35 bits per heavy atom. The lowest BCUT2D eigenvalue weighted by Gasteiger charge is -2.16. The molecule has 0 spiro atoms. The van der Waals surface area contributed by atoms with E-state index < -0.39 is 11.4 Å². The van der Waals surface area contributed by atoms with Crippen LogP contribution in [0.25, 0.3) is 10.1 Å². The molecule has 0 unspecified atom stereocenters. The van der Waals surface area contributed by atoms with Crippen molar-refractivity contribution in [2.45, 2.75) is 19.3 Å². The maximum absolute atomic E-state index is 11.2. The van der Waals surface area contributed by atoms with Gasteiger partial charge in [0.2, 0.25) is 0 Å². The van der Waals surface area contributed by atoms with E-state index in [1.807, 2.05) is 24.3 Å². The van der Waals surface area contributed by atoms with Crippen LogP contribution >= 0.6 is 11.3 Å². The molecule has 3 nitrogen and oxygen atoms in total. The zero-order valence-electron chi connectivity index (χ0n) is 9.98. The lowest BCUT2D eigenvalue weighted by atomic mass is 9.91. The summed E-state index contributed by atoms with van der Waals surface area (Å²) in [4.78, 5) is 12.1. The van der Waals surface area contributed by atoms with Crippen LogP contribution in [-0.4, -0.2) is 18.2 Å². The zero-order chi connectivity index (χ0) is 12.6. The minimum atomic E-state index is -0.850. The number of aliphatic carboxylic acids is 1. The number of carboxylic acids is 1. The molecule has 0 aliphatic carbocycles. The first-order chi connectivity index (χ1) is 7.95. The van der Waals surface area contributed by atoms with Gasteiger partial charge in [0.1, 0.15) is 5.75 Å². The fourth-order valence-electron chi connectivity index (χ4n) is 1.55. The molecule has 90 valence electrons. The normalized spacial score (nSPS) is 11.7. The highest BCUT2D eigenvalue weighted by atomic mass is 32.1. The molecule has 2 rings (SSSR count). The van der Waals surface area contributed by atoms with E-state index in [4.69, 9.17) is 4.74 Å². The van der Waals surface area contributed by atoms with Crippen molar-refractivity contribution >= 4 is 27.4 Å². The number of rotatable bonds is 3. The predicted molar refractivity (Wildman–Crippen MR) is 69.0 cm³/mol. The average molecular weight is 250 g/mol. The van der Waals surface area contributed by atoms with Gasteiger partial charge in [-0.15, -0.1) is 11.3 Å². The Morgan fingerprint density at radius 2 is 2.06 bits per heavy atom. The number of carboxylic acid groups (broad SMARTS) is 1. The van der Waals surface area contributed by atoms with Gasteiger partial charge in [0.05, 0.1) is 12.5 Å². The first-order valence-corrected chi connectivity index (χ1v) is 6.08. The Bertz CT molecular complexity index is 569. The molecule has 0 saturated heterocycles. The molecule has 0 aliphatic rings. The zero-order valence-corrected chi connectivity index (χ0v) is 10.8. The molecule has 0 saturated carbocycles. The van der Waals surface area contributed by atoms with Crippen LogP contribution in [0.4, 0.5) is 0 Å². The van der Waals surface area contributed by atoms with Gasteiger partial charge in [0.15, 0.2) is 0 Å². The maximum Gasteiger partial charge on any atom is 0.314 e. The number of ether oxygens (including phenoxy) is 1. The Labute approximate surface area is 104 Å². The summed E-state index contributed by atoms with van der Waals surface area (Å²) in [5, 5.41) is 10.3. The molecular formula is C13H14O3S. The van der Waals surface area contributed by atoms with Crippen molar-refractivity contribution in [3.63, 3.8) is 0 Å². The fourth-order valence-corrected chi connectivity index (χ4v) is 2.74. The SMILES string of the molecule is COc1ccc2cc(C(C)(C)C(=O)O)sc2c1. The van der Waals surface area contributed by atoms with Gasteiger partial charge >= 0.3 is 5.97 Å². The Morgan fingerprint density at radius 3 is 2.65 bits per heavy atom. The van der Waals surface area contributed by atoms with Crippen molar-refractivity contribution in [2.24, 2.45) is 0 Å². The van der Waals surface area contributed by atoms with Crippen molar-refractivity contribution in [3.05, 3.63) is 29.1 Å². The summed E-state index contributed by atoms with van der Waals surface area (Å²) in [5.41, 5.74) is -0.850. The molecule has 0 amide bonds. The monoisotopic (exact) mass is 250 g/mol. The van der Waals surface area contributed by atoms with Crippen molar-refractivity contribution in [2.75, 3.05) is 7.11 Å². The minimum absolute atomic E-state index is 0.791. The molecule has 1 N–H and O–H groups in total. The van der Waals surface area contributed by atoms with E-state index in [1.54, 1.807) is 21.0 Å². The summed E-state index contributed by atoms with van der Waals surface area (Å²) in [5.74, 6) is -0.0185. The third-order valence-electron chi connectivity index (χ3n) is 2.88. The van der Waals surface area contributed by atoms with Crippen LogP contribution in [0.15, 0.2) is 24.3 Å². The van der Waals surface area contributed by atoms with Crippen LogP contribution in [0.5, 0.6) is 5.75 Å². The van der Waals surface area contributed by atoms with Gasteiger partial charge in [-0.1, -0.05) is 0 Å². The molecule has 0 fully saturated rings. The van der Waals surface area contributed by atoms with Crippen LogP contribution in [0.1, 0.15) is 18.7 Å². The predicted octanol–water partition coefficient (Wildman–Crippen LogP) is 3.27. The minimum Gasteiger partial charge on any atom is -0.497 e. The number of benzene rings is 1. The van der Waals surface area contributed by atoms with Crippen molar-refractivity contribution in [3.8, 4) is 5.75 Å². The van der Waals surface area contributed by atoms with Gasteiger partial charge in [-0.2, -0.15) is 0 Å². The van der Waals surface area contributed by atoms with Gasteiger partial charge in [0.25, 0.3) is 0 Å². The number of hydrogen-bond acceptors (Lipinski definition) is 3. The van der Waals surface area contributed by atoms with Crippen LogP contribution in [0.3, 0.4) is 0 Å². The maximum atomic E-state index is 11.2. The third-order valence-corrected chi connectivity index (χ3v) is 4.30. The quantitative estimate of drug-likeness (QED) is 0.909. The van der Waals surface area contributed by atoms with Crippen molar-refractivity contribution in [1.82, 2.24) is 0 Å². The summed E-state index contributed by atoms with van der Waals surface area (Å²) in [7, 11) is 1.62. The lowest BCUT2D eigenvalue weighted by Crippen LogP contribution is -2.27. The molecular weight excluding hydrogens is 236 g/mol. The number of carbonyl (C=O) groups is 1. The Kier molecular flexibility index (Phi) is 2.83. The van der Waals surface area contributed by atoms with E-state index in [0.29, 0.717) is 0 Å². The largest absolute Gasteiger partial charge is 0.497 e. The summed E-state index contributed by atoms with van der Waals surface area (Å²) >= 11 is 1.50. The second-order valence-electron chi connectivity index (χ2n) is 4.44. The fraction of sp³-hybridized carbons (Fsp3) is 0.308. The summed E-state index contributed by atoms with van der Waals surface area (Å²) in [6.45, 7) is 3.44. The molecule has 0 bridgehead atoms. The number of methoxy groups -OCH3 is 1. The van der Waals surface area contributed by atoms with Crippen LogP contribution in [0, 0.1) is 0 Å². The van der Waals surface area contributed by atoms with E-state index in [-0.39, 0.29) is 0 Å². The highest BCUT2D eigenvalue weighted by Gasteiger charge is 2.31. The van der Waals surface area contributed by atoms with E-state index >= 15 is 0 Å². The third kappa shape index (κ3) is 2.00. The molecule has 17 heavy (non-hydrogen) atoms.